The Hall–Kier alpha value is -0.370. The van der Waals surface area contributed by atoms with Crippen LogP contribution in [0, 0.1) is 5.92 Å². The molecule has 1 N–H and O–H groups in total. The predicted octanol–water partition coefficient (Wildman–Crippen LogP) is 2.52. The zero-order chi connectivity index (χ0) is 10.4. The Balaban J connectivity index is 1.86. The lowest BCUT2D eigenvalue weighted by atomic mass is 10.1. The van der Waals surface area contributed by atoms with Crippen LogP contribution in [-0.4, -0.2) is 18.4 Å². The van der Waals surface area contributed by atoms with Gasteiger partial charge in [0.05, 0.1) is 0 Å². The third kappa shape index (κ3) is 6.14. The summed E-state index contributed by atoms with van der Waals surface area (Å²) in [5, 5.41) is 3.33. The van der Waals surface area contributed by atoms with Crippen molar-refractivity contribution < 1.29 is 4.79 Å². The zero-order valence-electron chi connectivity index (χ0n) is 9.51. The van der Waals surface area contributed by atoms with Crippen molar-refractivity contribution in [3.05, 3.63) is 0 Å². The van der Waals surface area contributed by atoms with Crippen LogP contribution in [0.3, 0.4) is 0 Å². The van der Waals surface area contributed by atoms with E-state index in [2.05, 4.69) is 19.2 Å². The number of rotatable bonds is 8. The normalized spacial score (nSPS) is 16.2. The average Bonchev–Trinajstić information content (AvgIpc) is 2.92. The van der Waals surface area contributed by atoms with Crippen molar-refractivity contribution in [2.45, 2.75) is 58.4 Å². The number of carbonyl (C=O) groups excluding carboxylic acids is 1. The first-order valence-corrected chi connectivity index (χ1v) is 5.93. The summed E-state index contributed by atoms with van der Waals surface area (Å²) in [5.41, 5.74) is 0. The summed E-state index contributed by atoms with van der Waals surface area (Å²) in [4.78, 5) is 11.4. The van der Waals surface area contributed by atoms with Crippen LogP contribution >= 0.6 is 0 Å². The molecule has 1 saturated carbocycles. The van der Waals surface area contributed by atoms with Crippen molar-refractivity contribution >= 4 is 5.78 Å². The van der Waals surface area contributed by atoms with Gasteiger partial charge in [-0.25, -0.2) is 0 Å². The highest BCUT2D eigenvalue weighted by atomic mass is 16.1. The molecule has 0 heterocycles. The van der Waals surface area contributed by atoms with E-state index in [0.29, 0.717) is 11.8 Å². The summed E-state index contributed by atoms with van der Waals surface area (Å²) in [6, 6.07) is 0.538. The molecule has 0 aromatic carbocycles. The summed E-state index contributed by atoms with van der Waals surface area (Å²) >= 11 is 0. The van der Waals surface area contributed by atoms with Gasteiger partial charge in [-0.1, -0.05) is 26.7 Å². The number of carbonyl (C=O) groups is 1. The van der Waals surface area contributed by atoms with Crippen molar-refractivity contribution in [1.29, 1.82) is 0 Å². The quantitative estimate of drug-likeness (QED) is 0.606. The second kappa shape index (κ2) is 6.18. The molecule has 0 aliphatic heterocycles. The lowest BCUT2D eigenvalue weighted by Gasteiger charge is -2.06. The standard InChI is InChI=1S/C12H23NO/c1-10(2)13-9-3-4-12(14)8-7-11-5-6-11/h10-11,13H,3-9H2,1-2H3. The van der Waals surface area contributed by atoms with Crippen molar-refractivity contribution in [3.63, 3.8) is 0 Å². The van der Waals surface area contributed by atoms with Gasteiger partial charge >= 0.3 is 0 Å². The number of hydrogen-bond donors (Lipinski definition) is 1. The van der Waals surface area contributed by atoms with E-state index in [9.17, 15) is 4.79 Å². The van der Waals surface area contributed by atoms with Crippen molar-refractivity contribution in [2.24, 2.45) is 5.92 Å². The number of hydrogen-bond acceptors (Lipinski definition) is 2. The SMILES string of the molecule is CC(C)NCCCC(=O)CCC1CC1. The first-order valence-electron chi connectivity index (χ1n) is 5.93. The molecule has 0 atom stereocenters. The predicted molar refractivity (Wildman–Crippen MR) is 59.3 cm³/mol. The van der Waals surface area contributed by atoms with Gasteiger partial charge in [-0.3, -0.25) is 4.79 Å². The Bertz CT molecular complexity index is 173. The monoisotopic (exact) mass is 197 g/mol. The molecule has 0 unspecified atom stereocenters. The van der Waals surface area contributed by atoms with Crippen LogP contribution < -0.4 is 5.32 Å². The molecule has 1 aliphatic carbocycles. The molecule has 82 valence electrons. The molecular formula is C12H23NO. The van der Waals surface area contributed by atoms with Gasteiger partial charge in [-0.05, 0) is 25.3 Å². The van der Waals surface area contributed by atoms with Crippen LogP contribution in [-0.2, 0) is 4.79 Å². The minimum atomic E-state index is 0.461. The highest BCUT2D eigenvalue weighted by Gasteiger charge is 2.21. The minimum absolute atomic E-state index is 0.461. The Kier molecular flexibility index (Phi) is 5.16. The topological polar surface area (TPSA) is 29.1 Å². The van der Waals surface area contributed by atoms with E-state index < -0.39 is 0 Å². The largest absolute Gasteiger partial charge is 0.315 e. The summed E-state index contributed by atoms with van der Waals surface area (Å²) in [7, 11) is 0. The van der Waals surface area contributed by atoms with Crippen LogP contribution in [0.15, 0.2) is 0 Å². The lowest BCUT2D eigenvalue weighted by Crippen LogP contribution is -2.24. The Labute approximate surface area is 87.5 Å². The minimum Gasteiger partial charge on any atom is -0.315 e. The van der Waals surface area contributed by atoms with Gasteiger partial charge in [-0.2, -0.15) is 0 Å². The molecule has 0 aromatic rings. The highest BCUT2D eigenvalue weighted by molar-refractivity contribution is 5.78. The van der Waals surface area contributed by atoms with E-state index in [-0.39, 0.29) is 0 Å². The van der Waals surface area contributed by atoms with Gasteiger partial charge in [0.1, 0.15) is 5.78 Å². The van der Waals surface area contributed by atoms with Crippen LogP contribution in [0.4, 0.5) is 0 Å². The van der Waals surface area contributed by atoms with E-state index in [0.717, 1.165) is 38.1 Å². The van der Waals surface area contributed by atoms with Gasteiger partial charge < -0.3 is 5.32 Å². The lowest BCUT2D eigenvalue weighted by molar-refractivity contribution is -0.119. The van der Waals surface area contributed by atoms with Crippen molar-refractivity contribution in [2.75, 3.05) is 6.54 Å². The number of ketones is 1. The van der Waals surface area contributed by atoms with Gasteiger partial charge in [0.2, 0.25) is 0 Å². The Morgan fingerprint density at radius 3 is 2.64 bits per heavy atom. The summed E-state index contributed by atoms with van der Waals surface area (Å²) < 4.78 is 0. The van der Waals surface area contributed by atoms with Gasteiger partial charge in [0.15, 0.2) is 0 Å². The number of nitrogens with one attached hydrogen (secondary N) is 1. The maximum Gasteiger partial charge on any atom is 0.132 e. The molecule has 0 radical (unpaired) electrons. The molecule has 1 aliphatic rings. The summed E-state index contributed by atoms with van der Waals surface area (Å²) in [6.45, 7) is 5.25. The first kappa shape index (κ1) is 11.7. The van der Waals surface area contributed by atoms with Crippen molar-refractivity contribution in [1.82, 2.24) is 5.32 Å². The highest BCUT2D eigenvalue weighted by Crippen LogP contribution is 2.33. The fourth-order valence-electron chi connectivity index (χ4n) is 1.57. The van der Waals surface area contributed by atoms with Crippen molar-refractivity contribution in [3.8, 4) is 0 Å². The smallest absolute Gasteiger partial charge is 0.132 e. The summed E-state index contributed by atoms with van der Waals surface area (Å²) in [6.07, 6.45) is 6.47. The van der Waals surface area contributed by atoms with E-state index in [1.807, 2.05) is 0 Å². The van der Waals surface area contributed by atoms with Crippen LogP contribution in [0.5, 0.6) is 0 Å². The molecule has 2 heteroatoms. The molecular weight excluding hydrogens is 174 g/mol. The van der Waals surface area contributed by atoms with Crippen LogP contribution in [0.2, 0.25) is 0 Å². The number of Topliss-reactive ketones (excluding diaryl/α,β-unsaturated/α-hetero) is 1. The molecule has 0 amide bonds. The van der Waals surface area contributed by atoms with Crippen LogP contribution in [0.25, 0.3) is 0 Å². The molecule has 0 aromatic heterocycles. The van der Waals surface area contributed by atoms with E-state index in [1.165, 1.54) is 12.8 Å². The molecule has 1 rings (SSSR count). The molecule has 14 heavy (non-hydrogen) atoms. The second-order valence-electron chi connectivity index (χ2n) is 4.73. The average molecular weight is 197 g/mol. The fourth-order valence-corrected chi connectivity index (χ4v) is 1.57. The maximum absolute atomic E-state index is 11.4. The van der Waals surface area contributed by atoms with Crippen LogP contribution in [0.1, 0.15) is 52.4 Å². The fraction of sp³-hybridized carbons (Fsp3) is 0.917. The van der Waals surface area contributed by atoms with E-state index in [1.54, 1.807) is 0 Å². The molecule has 1 fully saturated rings. The van der Waals surface area contributed by atoms with Gasteiger partial charge in [0, 0.05) is 18.9 Å². The third-order valence-electron chi connectivity index (χ3n) is 2.71. The third-order valence-corrected chi connectivity index (χ3v) is 2.71. The molecule has 0 spiro atoms. The summed E-state index contributed by atoms with van der Waals surface area (Å²) in [5.74, 6) is 1.36. The van der Waals surface area contributed by atoms with E-state index in [4.69, 9.17) is 0 Å². The Morgan fingerprint density at radius 2 is 2.07 bits per heavy atom. The molecule has 0 bridgehead atoms. The zero-order valence-corrected chi connectivity index (χ0v) is 9.51. The van der Waals surface area contributed by atoms with E-state index >= 15 is 0 Å². The maximum atomic E-state index is 11.4. The second-order valence-corrected chi connectivity index (χ2v) is 4.73. The Morgan fingerprint density at radius 1 is 1.36 bits per heavy atom. The molecule has 2 nitrogen and oxygen atoms in total. The molecule has 0 saturated heterocycles. The van der Waals surface area contributed by atoms with Gasteiger partial charge in [0.25, 0.3) is 0 Å². The first-order chi connectivity index (χ1) is 6.68. The van der Waals surface area contributed by atoms with Gasteiger partial charge in [-0.15, -0.1) is 0 Å².